The van der Waals surface area contributed by atoms with Crippen LogP contribution in [0.1, 0.15) is 27.0 Å². The smallest absolute Gasteiger partial charge is 0.319 e. The second-order valence-corrected chi connectivity index (χ2v) is 8.27. The molecule has 0 aromatic heterocycles. The van der Waals surface area contributed by atoms with Crippen LogP contribution in [0.4, 0.5) is 16.2 Å². The highest BCUT2D eigenvalue weighted by molar-refractivity contribution is 9.10. The zero-order valence-corrected chi connectivity index (χ0v) is 18.2. The van der Waals surface area contributed by atoms with Gasteiger partial charge in [0.2, 0.25) is 0 Å². The van der Waals surface area contributed by atoms with Crippen molar-refractivity contribution in [2.45, 2.75) is 19.9 Å². The molecule has 152 valence electrons. The summed E-state index contributed by atoms with van der Waals surface area (Å²) in [6.07, 6.45) is 0.838. The first-order valence-electron chi connectivity index (χ1n) is 9.80. The maximum Gasteiger partial charge on any atom is 0.319 e. The van der Waals surface area contributed by atoms with E-state index in [2.05, 4.69) is 26.6 Å². The van der Waals surface area contributed by atoms with Gasteiger partial charge in [-0.25, -0.2) is 4.79 Å². The van der Waals surface area contributed by atoms with Gasteiger partial charge in [-0.1, -0.05) is 45.8 Å². The molecule has 0 saturated heterocycles. The maximum atomic E-state index is 13.0. The molecule has 0 atom stereocenters. The number of aryl methyl sites for hydroxylation is 1. The molecule has 0 unspecified atom stereocenters. The number of nitrogens with one attached hydrogen (secondary N) is 2. The van der Waals surface area contributed by atoms with Gasteiger partial charge in [-0.3, -0.25) is 4.79 Å². The highest BCUT2D eigenvalue weighted by Crippen LogP contribution is 2.30. The van der Waals surface area contributed by atoms with Crippen LogP contribution < -0.4 is 15.5 Å². The molecule has 3 amide bonds. The van der Waals surface area contributed by atoms with Crippen LogP contribution >= 0.6 is 15.9 Å². The zero-order chi connectivity index (χ0) is 21.1. The third kappa shape index (κ3) is 4.54. The zero-order valence-electron chi connectivity index (χ0n) is 16.6. The predicted octanol–water partition coefficient (Wildman–Crippen LogP) is 5.28. The van der Waals surface area contributed by atoms with Crippen LogP contribution in [0.5, 0.6) is 0 Å². The molecule has 3 aromatic carbocycles. The molecule has 0 radical (unpaired) electrons. The van der Waals surface area contributed by atoms with Gasteiger partial charge in [-0.2, -0.15) is 0 Å². The Morgan fingerprint density at radius 3 is 2.47 bits per heavy atom. The third-order valence-corrected chi connectivity index (χ3v) is 5.67. The fourth-order valence-corrected chi connectivity index (χ4v) is 3.75. The number of amides is 3. The van der Waals surface area contributed by atoms with Gasteiger partial charge in [0.05, 0.1) is 0 Å². The molecule has 0 aliphatic carbocycles. The summed E-state index contributed by atoms with van der Waals surface area (Å²) in [5.41, 5.74) is 5.56. The largest absolute Gasteiger partial charge is 0.334 e. The Hall–Kier alpha value is -3.12. The molecule has 0 fully saturated rings. The Morgan fingerprint density at radius 1 is 1.00 bits per heavy atom. The number of halogens is 1. The van der Waals surface area contributed by atoms with E-state index < -0.39 is 0 Å². The van der Waals surface area contributed by atoms with Crippen molar-refractivity contribution in [1.82, 2.24) is 5.32 Å². The highest BCUT2D eigenvalue weighted by Gasteiger charge is 2.25. The monoisotopic (exact) mass is 463 g/mol. The SMILES string of the molecule is Cc1ccc(C(=O)N2CCc3ccc(CNC(=O)Nc4ccc(Br)cc4)cc32)cc1. The second-order valence-electron chi connectivity index (χ2n) is 7.35. The molecule has 1 heterocycles. The minimum absolute atomic E-state index is 0.00633. The van der Waals surface area contributed by atoms with Gasteiger partial charge in [-0.15, -0.1) is 0 Å². The summed E-state index contributed by atoms with van der Waals surface area (Å²) in [4.78, 5) is 27.0. The molecule has 0 bridgehead atoms. The number of benzene rings is 3. The average Bonchev–Trinajstić information content (AvgIpc) is 3.17. The molecule has 30 heavy (non-hydrogen) atoms. The van der Waals surface area contributed by atoms with Crippen LogP contribution in [-0.2, 0) is 13.0 Å². The lowest BCUT2D eigenvalue weighted by atomic mass is 10.1. The van der Waals surface area contributed by atoms with E-state index in [9.17, 15) is 9.59 Å². The molecular formula is C24H22BrN3O2. The van der Waals surface area contributed by atoms with Crippen molar-refractivity contribution in [2.75, 3.05) is 16.8 Å². The summed E-state index contributed by atoms with van der Waals surface area (Å²) < 4.78 is 0.955. The van der Waals surface area contributed by atoms with Crippen LogP contribution in [-0.4, -0.2) is 18.5 Å². The number of hydrogen-bond donors (Lipinski definition) is 2. The number of rotatable bonds is 4. The molecule has 4 rings (SSSR count). The number of urea groups is 1. The van der Waals surface area contributed by atoms with Gasteiger partial charge in [0.15, 0.2) is 0 Å². The molecule has 3 aromatic rings. The van der Waals surface area contributed by atoms with Crippen molar-refractivity contribution in [3.05, 3.63) is 93.5 Å². The second kappa shape index (κ2) is 8.71. The number of fused-ring (bicyclic) bond motifs is 1. The molecule has 0 saturated carbocycles. The van der Waals surface area contributed by atoms with Gasteiger partial charge in [0.25, 0.3) is 5.91 Å². The highest BCUT2D eigenvalue weighted by atomic mass is 79.9. The van der Waals surface area contributed by atoms with Crippen LogP contribution in [0.3, 0.4) is 0 Å². The normalized spacial score (nSPS) is 12.4. The summed E-state index contributed by atoms with van der Waals surface area (Å²) in [5, 5.41) is 5.68. The van der Waals surface area contributed by atoms with Gasteiger partial charge in [-0.05, 0) is 66.9 Å². The third-order valence-electron chi connectivity index (χ3n) is 5.14. The van der Waals surface area contributed by atoms with Crippen molar-refractivity contribution in [3.8, 4) is 0 Å². The fraction of sp³-hybridized carbons (Fsp3) is 0.167. The summed E-state index contributed by atoms with van der Waals surface area (Å²) in [6.45, 7) is 3.05. The number of carbonyl (C=O) groups excluding carboxylic acids is 2. The van der Waals surface area contributed by atoms with E-state index >= 15 is 0 Å². The number of carbonyl (C=O) groups is 2. The standard InChI is InChI=1S/C24H22BrN3O2/c1-16-2-5-19(6-3-16)23(29)28-13-12-18-7-4-17(14-22(18)28)15-26-24(30)27-21-10-8-20(25)9-11-21/h2-11,14H,12-13,15H2,1H3,(H2,26,27,30). The van der Waals surface area contributed by atoms with E-state index in [-0.39, 0.29) is 11.9 Å². The first-order chi connectivity index (χ1) is 14.5. The summed E-state index contributed by atoms with van der Waals surface area (Å²) in [5.74, 6) is 0.00633. The van der Waals surface area contributed by atoms with E-state index in [1.165, 1.54) is 0 Å². The van der Waals surface area contributed by atoms with E-state index in [0.717, 1.165) is 39.0 Å². The van der Waals surface area contributed by atoms with Crippen molar-refractivity contribution in [3.63, 3.8) is 0 Å². The lowest BCUT2D eigenvalue weighted by molar-refractivity contribution is 0.0989. The number of hydrogen-bond acceptors (Lipinski definition) is 2. The minimum atomic E-state index is -0.273. The summed E-state index contributed by atoms with van der Waals surface area (Å²) in [7, 11) is 0. The Labute approximate surface area is 184 Å². The maximum absolute atomic E-state index is 13.0. The van der Waals surface area contributed by atoms with Crippen LogP contribution in [0.2, 0.25) is 0 Å². The molecule has 6 heteroatoms. The summed E-state index contributed by atoms with van der Waals surface area (Å²) >= 11 is 3.37. The molecular weight excluding hydrogens is 442 g/mol. The van der Waals surface area contributed by atoms with Gasteiger partial charge in [0.1, 0.15) is 0 Å². The van der Waals surface area contributed by atoms with E-state index in [4.69, 9.17) is 0 Å². The molecule has 1 aliphatic heterocycles. The first-order valence-corrected chi connectivity index (χ1v) is 10.6. The van der Waals surface area contributed by atoms with Crippen molar-refractivity contribution < 1.29 is 9.59 Å². The average molecular weight is 464 g/mol. The molecule has 2 N–H and O–H groups in total. The van der Waals surface area contributed by atoms with Crippen molar-refractivity contribution in [2.24, 2.45) is 0 Å². The Morgan fingerprint density at radius 2 is 1.73 bits per heavy atom. The quantitative estimate of drug-likeness (QED) is 0.552. The Balaban J connectivity index is 1.42. The number of nitrogens with zero attached hydrogens (tertiary/aromatic N) is 1. The van der Waals surface area contributed by atoms with E-state index in [1.807, 2.05) is 78.6 Å². The Kier molecular flexibility index (Phi) is 5.86. The van der Waals surface area contributed by atoms with Crippen LogP contribution in [0, 0.1) is 6.92 Å². The summed E-state index contributed by atoms with van der Waals surface area (Å²) in [6, 6.07) is 20.8. The molecule has 5 nitrogen and oxygen atoms in total. The number of anilines is 2. The van der Waals surface area contributed by atoms with Crippen LogP contribution in [0.25, 0.3) is 0 Å². The first kappa shape index (κ1) is 20.2. The van der Waals surface area contributed by atoms with Gasteiger partial charge < -0.3 is 15.5 Å². The van der Waals surface area contributed by atoms with Gasteiger partial charge in [0, 0.05) is 34.5 Å². The molecule has 1 aliphatic rings. The van der Waals surface area contributed by atoms with Crippen LogP contribution in [0.15, 0.2) is 71.2 Å². The van der Waals surface area contributed by atoms with Crippen molar-refractivity contribution in [1.29, 1.82) is 0 Å². The fourth-order valence-electron chi connectivity index (χ4n) is 3.49. The lowest BCUT2D eigenvalue weighted by Gasteiger charge is -2.18. The lowest BCUT2D eigenvalue weighted by Crippen LogP contribution is -2.29. The molecule has 0 spiro atoms. The van der Waals surface area contributed by atoms with Gasteiger partial charge >= 0.3 is 6.03 Å². The topological polar surface area (TPSA) is 61.4 Å². The van der Waals surface area contributed by atoms with Crippen molar-refractivity contribution >= 4 is 39.2 Å². The minimum Gasteiger partial charge on any atom is -0.334 e. The van der Waals surface area contributed by atoms with E-state index in [0.29, 0.717) is 18.7 Å². The Bertz CT molecular complexity index is 1080. The van der Waals surface area contributed by atoms with E-state index in [1.54, 1.807) is 0 Å². The predicted molar refractivity (Wildman–Crippen MR) is 123 cm³/mol.